The van der Waals surface area contributed by atoms with Crippen LogP contribution in [0, 0.1) is 0 Å². The number of rotatable bonds is 6. The van der Waals surface area contributed by atoms with Gasteiger partial charge in [-0.15, -0.1) is 0 Å². The number of benzene rings is 1. The van der Waals surface area contributed by atoms with E-state index in [1.807, 2.05) is 0 Å². The second kappa shape index (κ2) is 6.60. The van der Waals surface area contributed by atoms with Crippen molar-refractivity contribution in [2.24, 2.45) is 0 Å². The van der Waals surface area contributed by atoms with E-state index in [-0.39, 0.29) is 6.09 Å². The van der Waals surface area contributed by atoms with Gasteiger partial charge in [0, 0.05) is 6.08 Å². The maximum Gasteiger partial charge on any atom is 0.410 e. The molecule has 0 spiro atoms. The number of aliphatic carboxylic acids is 1. The van der Waals surface area contributed by atoms with Gasteiger partial charge in [-0.2, -0.15) is 0 Å². The topological polar surface area (TPSA) is 76.1 Å². The fourth-order valence-electron chi connectivity index (χ4n) is 1.78. The Kier molecular flexibility index (Phi) is 4.60. The van der Waals surface area contributed by atoms with Crippen LogP contribution in [0.4, 0.5) is 4.79 Å². The molecule has 1 N–H and O–H groups in total. The first kappa shape index (κ1) is 13.9. The van der Waals surface area contributed by atoms with Crippen molar-refractivity contribution in [1.29, 1.82) is 0 Å². The van der Waals surface area contributed by atoms with Gasteiger partial charge in [-0.1, -0.05) is 12.1 Å². The summed E-state index contributed by atoms with van der Waals surface area (Å²) in [7, 11) is 0. The van der Waals surface area contributed by atoms with E-state index in [1.165, 1.54) is 6.08 Å². The van der Waals surface area contributed by atoms with Gasteiger partial charge in [0.25, 0.3) is 0 Å². The Hall–Kier alpha value is -2.50. The van der Waals surface area contributed by atoms with Gasteiger partial charge in [-0.25, -0.2) is 9.59 Å². The second-order valence-corrected chi connectivity index (χ2v) is 4.19. The predicted molar refractivity (Wildman–Crippen MR) is 71.5 cm³/mol. The number of carbonyl (C=O) groups is 2. The Morgan fingerprint density at radius 1 is 1.50 bits per heavy atom. The zero-order valence-corrected chi connectivity index (χ0v) is 10.8. The van der Waals surface area contributed by atoms with Gasteiger partial charge in [0.05, 0.1) is 13.1 Å². The van der Waals surface area contributed by atoms with Crippen LogP contribution < -0.4 is 4.74 Å². The summed E-state index contributed by atoms with van der Waals surface area (Å²) in [6.45, 7) is 1.84. The van der Waals surface area contributed by atoms with Crippen molar-refractivity contribution in [3.8, 4) is 5.75 Å². The van der Waals surface area contributed by atoms with E-state index in [1.54, 1.807) is 29.2 Å². The van der Waals surface area contributed by atoms with Crippen LogP contribution in [0.15, 0.2) is 30.3 Å². The van der Waals surface area contributed by atoms with Crippen LogP contribution in [-0.4, -0.2) is 48.4 Å². The van der Waals surface area contributed by atoms with E-state index in [0.29, 0.717) is 32.1 Å². The van der Waals surface area contributed by atoms with E-state index < -0.39 is 5.97 Å². The van der Waals surface area contributed by atoms with E-state index in [4.69, 9.17) is 14.6 Å². The molecule has 1 heterocycles. The van der Waals surface area contributed by atoms with Crippen LogP contribution >= 0.6 is 0 Å². The van der Waals surface area contributed by atoms with Gasteiger partial charge in [0.15, 0.2) is 0 Å². The Labute approximate surface area is 116 Å². The Balaban J connectivity index is 1.85. The standard InChI is InChI=1S/C14H15NO5/c16-13(17)5-4-11-2-1-3-12(10-11)19-8-6-15-7-9-20-14(15)18/h1-5,10H,6-9H2,(H,16,17). The average Bonchev–Trinajstić information content (AvgIpc) is 2.83. The van der Waals surface area contributed by atoms with E-state index in [9.17, 15) is 9.59 Å². The number of cyclic esters (lactones) is 1. The summed E-state index contributed by atoms with van der Waals surface area (Å²) in [6, 6.07) is 7.08. The lowest BCUT2D eigenvalue weighted by Crippen LogP contribution is -2.29. The zero-order valence-electron chi connectivity index (χ0n) is 10.8. The molecule has 1 aliphatic rings. The molecule has 0 radical (unpaired) electrons. The molecule has 6 nitrogen and oxygen atoms in total. The number of amides is 1. The molecule has 106 valence electrons. The fraction of sp³-hybridized carbons (Fsp3) is 0.286. The maximum absolute atomic E-state index is 11.2. The highest BCUT2D eigenvalue weighted by atomic mass is 16.6. The summed E-state index contributed by atoms with van der Waals surface area (Å²) in [5.74, 6) is -0.367. The third-order valence-electron chi connectivity index (χ3n) is 2.75. The Morgan fingerprint density at radius 2 is 2.35 bits per heavy atom. The molecule has 20 heavy (non-hydrogen) atoms. The molecule has 1 fully saturated rings. The smallest absolute Gasteiger partial charge is 0.410 e. The average molecular weight is 277 g/mol. The van der Waals surface area contributed by atoms with Gasteiger partial charge in [-0.3, -0.25) is 0 Å². The van der Waals surface area contributed by atoms with E-state index in [0.717, 1.165) is 11.6 Å². The number of carbonyl (C=O) groups excluding carboxylic acids is 1. The maximum atomic E-state index is 11.2. The zero-order chi connectivity index (χ0) is 14.4. The van der Waals surface area contributed by atoms with Gasteiger partial charge >= 0.3 is 12.1 Å². The molecule has 2 rings (SSSR count). The summed E-state index contributed by atoms with van der Waals surface area (Å²) < 4.78 is 10.3. The monoisotopic (exact) mass is 277 g/mol. The van der Waals surface area contributed by atoms with Crippen molar-refractivity contribution >= 4 is 18.1 Å². The molecular weight excluding hydrogens is 262 g/mol. The summed E-state index contributed by atoms with van der Waals surface area (Å²) in [6.07, 6.45) is 2.25. The molecule has 0 bridgehead atoms. The van der Waals surface area contributed by atoms with Crippen molar-refractivity contribution < 1.29 is 24.2 Å². The van der Waals surface area contributed by atoms with Crippen molar-refractivity contribution in [3.63, 3.8) is 0 Å². The summed E-state index contributed by atoms with van der Waals surface area (Å²) in [5, 5.41) is 8.56. The lowest BCUT2D eigenvalue weighted by Gasteiger charge is -2.13. The number of carboxylic acids is 1. The molecule has 1 aromatic carbocycles. The molecule has 0 unspecified atom stereocenters. The first-order valence-corrected chi connectivity index (χ1v) is 6.21. The van der Waals surface area contributed by atoms with Crippen molar-refractivity contribution in [1.82, 2.24) is 4.90 Å². The van der Waals surface area contributed by atoms with Gasteiger partial charge < -0.3 is 19.5 Å². The normalized spacial score (nSPS) is 14.6. The minimum Gasteiger partial charge on any atom is -0.492 e. The number of nitrogens with zero attached hydrogens (tertiary/aromatic N) is 1. The second-order valence-electron chi connectivity index (χ2n) is 4.19. The van der Waals surface area contributed by atoms with E-state index >= 15 is 0 Å². The number of hydrogen-bond donors (Lipinski definition) is 1. The van der Waals surface area contributed by atoms with Crippen molar-refractivity contribution in [3.05, 3.63) is 35.9 Å². The minimum absolute atomic E-state index is 0.313. The molecule has 1 saturated heterocycles. The van der Waals surface area contributed by atoms with Crippen LogP contribution in [0.1, 0.15) is 5.56 Å². The van der Waals surface area contributed by atoms with Gasteiger partial charge in [-0.05, 0) is 23.8 Å². The van der Waals surface area contributed by atoms with Crippen LogP contribution in [0.5, 0.6) is 5.75 Å². The molecule has 0 atom stereocenters. The third-order valence-corrected chi connectivity index (χ3v) is 2.75. The van der Waals surface area contributed by atoms with Crippen molar-refractivity contribution in [2.75, 3.05) is 26.3 Å². The highest BCUT2D eigenvalue weighted by molar-refractivity contribution is 5.85. The van der Waals surface area contributed by atoms with Crippen molar-refractivity contribution in [2.45, 2.75) is 0 Å². The first-order chi connectivity index (χ1) is 9.65. The lowest BCUT2D eigenvalue weighted by atomic mass is 10.2. The van der Waals surface area contributed by atoms with Gasteiger partial charge in [0.1, 0.15) is 19.0 Å². The quantitative estimate of drug-likeness (QED) is 0.799. The third kappa shape index (κ3) is 4.01. The highest BCUT2D eigenvalue weighted by Gasteiger charge is 2.21. The largest absolute Gasteiger partial charge is 0.492 e. The van der Waals surface area contributed by atoms with Crippen LogP contribution in [-0.2, 0) is 9.53 Å². The van der Waals surface area contributed by atoms with Crippen LogP contribution in [0.25, 0.3) is 6.08 Å². The fourth-order valence-corrected chi connectivity index (χ4v) is 1.78. The summed E-state index contributed by atoms with van der Waals surface area (Å²) in [4.78, 5) is 23.2. The molecule has 1 aromatic rings. The number of ether oxygens (including phenoxy) is 2. The van der Waals surface area contributed by atoms with Crippen LogP contribution in [0.2, 0.25) is 0 Å². The molecule has 6 heteroatoms. The van der Waals surface area contributed by atoms with Gasteiger partial charge in [0.2, 0.25) is 0 Å². The minimum atomic E-state index is -0.996. The summed E-state index contributed by atoms with van der Waals surface area (Å²) >= 11 is 0. The molecular formula is C14H15NO5. The molecule has 1 amide bonds. The summed E-state index contributed by atoms with van der Waals surface area (Å²) in [5.41, 5.74) is 0.741. The Morgan fingerprint density at radius 3 is 3.05 bits per heavy atom. The molecule has 1 aliphatic heterocycles. The number of carboxylic acid groups (broad SMARTS) is 1. The molecule has 0 aromatic heterocycles. The highest BCUT2D eigenvalue weighted by Crippen LogP contribution is 2.14. The number of hydrogen-bond acceptors (Lipinski definition) is 4. The predicted octanol–water partition coefficient (Wildman–Crippen LogP) is 1.62. The Bertz CT molecular complexity index is 526. The molecule has 0 aliphatic carbocycles. The SMILES string of the molecule is O=C(O)C=Cc1cccc(OCCN2CCOC2=O)c1. The van der Waals surface area contributed by atoms with E-state index in [2.05, 4.69) is 0 Å². The van der Waals surface area contributed by atoms with Crippen LogP contribution in [0.3, 0.4) is 0 Å². The lowest BCUT2D eigenvalue weighted by molar-refractivity contribution is -0.131. The molecule has 0 saturated carbocycles. The first-order valence-electron chi connectivity index (χ1n) is 6.21.